The lowest BCUT2D eigenvalue weighted by Crippen LogP contribution is -2.29. The van der Waals surface area contributed by atoms with Gasteiger partial charge < -0.3 is 10.0 Å². The summed E-state index contributed by atoms with van der Waals surface area (Å²) in [5, 5.41) is 8.71. The Bertz CT molecular complexity index is 498. The lowest BCUT2D eigenvalue weighted by molar-refractivity contribution is -0.137. The van der Waals surface area contributed by atoms with Crippen LogP contribution in [0.2, 0.25) is 0 Å². The summed E-state index contributed by atoms with van der Waals surface area (Å²) >= 11 is 0. The first-order valence-corrected chi connectivity index (χ1v) is 7.20. The van der Waals surface area contributed by atoms with E-state index in [1.165, 1.54) is 0 Å². The monoisotopic (exact) mass is 275 g/mol. The molecule has 0 spiro atoms. The van der Waals surface area contributed by atoms with Crippen LogP contribution in [0.4, 0.5) is 0 Å². The summed E-state index contributed by atoms with van der Waals surface area (Å²) in [7, 11) is 0. The van der Waals surface area contributed by atoms with Gasteiger partial charge in [-0.25, -0.2) is 0 Å². The highest BCUT2D eigenvalue weighted by atomic mass is 16.4. The number of carbonyl (C=O) groups is 2. The summed E-state index contributed by atoms with van der Waals surface area (Å²) in [6, 6.07) is 7.72. The number of carboxylic acid groups (broad SMARTS) is 1. The number of benzene rings is 1. The Hall–Kier alpha value is -1.84. The van der Waals surface area contributed by atoms with Gasteiger partial charge in [0.1, 0.15) is 0 Å². The van der Waals surface area contributed by atoms with E-state index in [-0.39, 0.29) is 12.3 Å². The van der Waals surface area contributed by atoms with Crippen molar-refractivity contribution >= 4 is 11.9 Å². The summed E-state index contributed by atoms with van der Waals surface area (Å²) < 4.78 is 0. The molecule has 0 bridgehead atoms. The Kier molecular flexibility index (Phi) is 4.77. The zero-order chi connectivity index (χ0) is 14.5. The van der Waals surface area contributed by atoms with Crippen LogP contribution in [0.5, 0.6) is 0 Å². The lowest BCUT2D eigenvalue weighted by atomic mass is 10.0. The van der Waals surface area contributed by atoms with Crippen molar-refractivity contribution in [2.45, 2.75) is 32.6 Å². The standard InChI is InChI=1S/C16H21NO3/c1-2-13-5-3-4-6-14(13)16(20)17-10-9-12(11-17)7-8-15(18)19/h3-6,12H,2,7-11H2,1H3,(H,18,19). The molecule has 1 amide bonds. The van der Waals surface area contributed by atoms with Gasteiger partial charge >= 0.3 is 5.97 Å². The number of nitrogens with zero attached hydrogens (tertiary/aromatic N) is 1. The summed E-state index contributed by atoms with van der Waals surface area (Å²) in [5.74, 6) is -0.352. The molecule has 1 aliphatic heterocycles. The average molecular weight is 275 g/mol. The molecule has 1 N–H and O–H groups in total. The zero-order valence-corrected chi connectivity index (χ0v) is 11.8. The second kappa shape index (κ2) is 6.55. The Morgan fingerprint density at radius 3 is 2.80 bits per heavy atom. The number of carboxylic acids is 1. The largest absolute Gasteiger partial charge is 0.481 e. The zero-order valence-electron chi connectivity index (χ0n) is 11.8. The topological polar surface area (TPSA) is 57.6 Å². The van der Waals surface area contributed by atoms with E-state index in [1.54, 1.807) is 0 Å². The predicted octanol–water partition coefficient (Wildman–Crippen LogP) is 2.58. The second-order valence-electron chi connectivity index (χ2n) is 5.35. The first kappa shape index (κ1) is 14.6. The predicted molar refractivity (Wildman–Crippen MR) is 76.7 cm³/mol. The minimum Gasteiger partial charge on any atom is -0.481 e. The molecule has 0 aliphatic carbocycles. The number of hydrogen-bond donors (Lipinski definition) is 1. The van der Waals surface area contributed by atoms with Crippen LogP contribution in [0.1, 0.15) is 42.1 Å². The maximum absolute atomic E-state index is 12.5. The number of aryl methyl sites for hydroxylation is 1. The molecule has 2 rings (SSSR count). The van der Waals surface area contributed by atoms with E-state index in [4.69, 9.17) is 5.11 Å². The van der Waals surface area contributed by atoms with Crippen LogP contribution in [0.3, 0.4) is 0 Å². The van der Waals surface area contributed by atoms with Gasteiger partial charge in [-0.2, -0.15) is 0 Å². The third-order valence-corrected chi connectivity index (χ3v) is 3.97. The van der Waals surface area contributed by atoms with Crippen LogP contribution in [0.25, 0.3) is 0 Å². The summed E-state index contributed by atoms with van der Waals surface area (Å²) in [4.78, 5) is 25.0. The SMILES string of the molecule is CCc1ccccc1C(=O)N1CCC(CCC(=O)O)C1. The maximum Gasteiger partial charge on any atom is 0.303 e. The van der Waals surface area contributed by atoms with E-state index in [2.05, 4.69) is 0 Å². The highest BCUT2D eigenvalue weighted by molar-refractivity contribution is 5.95. The number of hydrogen-bond acceptors (Lipinski definition) is 2. The molecule has 1 heterocycles. The first-order valence-electron chi connectivity index (χ1n) is 7.20. The first-order chi connectivity index (χ1) is 9.61. The molecule has 1 saturated heterocycles. The lowest BCUT2D eigenvalue weighted by Gasteiger charge is -2.18. The van der Waals surface area contributed by atoms with Gasteiger partial charge in [0, 0.05) is 25.1 Å². The van der Waals surface area contributed by atoms with Gasteiger partial charge in [-0.15, -0.1) is 0 Å². The van der Waals surface area contributed by atoms with Crippen molar-refractivity contribution in [2.24, 2.45) is 5.92 Å². The van der Waals surface area contributed by atoms with Crippen molar-refractivity contribution in [3.63, 3.8) is 0 Å². The molecule has 108 valence electrons. The van der Waals surface area contributed by atoms with Crippen molar-refractivity contribution in [3.8, 4) is 0 Å². The quantitative estimate of drug-likeness (QED) is 0.898. The molecule has 0 aromatic heterocycles. The van der Waals surface area contributed by atoms with E-state index in [1.807, 2.05) is 36.1 Å². The Labute approximate surface area is 119 Å². The Morgan fingerprint density at radius 2 is 2.10 bits per heavy atom. The number of likely N-dealkylation sites (tertiary alicyclic amines) is 1. The minimum absolute atomic E-state index is 0.0836. The normalized spacial score (nSPS) is 18.2. The molecule has 0 saturated carbocycles. The molecule has 4 nitrogen and oxygen atoms in total. The van der Waals surface area contributed by atoms with Crippen molar-refractivity contribution in [1.82, 2.24) is 4.90 Å². The van der Waals surface area contributed by atoms with Gasteiger partial charge in [0.2, 0.25) is 0 Å². The number of rotatable bonds is 5. The van der Waals surface area contributed by atoms with Crippen LogP contribution in [0.15, 0.2) is 24.3 Å². The molecular formula is C16H21NO3. The summed E-state index contributed by atoms with van der Waals surface area (Å²) in [6.45, 7) is 3.47. The fourth-order valence-electron chi connectivity index (χ4n) is 2.79. The highest BCUT2D eigenvalue weighted by Crippen LogP contribution is 2.23. The van der Waals surface area contributed by atoms with Crippen LogP contribution < -0.4 is 0 Å². The van der Waals surface area contributed by atoms with Gasteiger partial charge in [0.15, 0.2) is 0 Å². The fourth-order valence-corrected chi connectivity index (χ4v) is 2.79. The molecule has 1 aromatic rings. The molecule has 1 atom stereocenters. The third-order valence-electron chi connectivity index (χ3n) is 3.97. The van der Waals surface area contributed by atoms with Crippen molar-refractivity contribution in [3.05, 3.63) is 35.4 Å². The molecule has 1 aliphatic rings. The van der Waals surface area contributed by atoms with E-state index in [0.29, 0.717) is 18.9 Å². The van der Waals surface area contributed by atoms with Gasteiger partial charge in [-0.3, -0.25) is 9.59 Å². The van der Waals surface area contributed by atoms with E-state index in [9.17, 15) is 9.59 Å². The molecular weight excluding hydrogens is 254 g/mol. The molecule has 20 heavy (non-hydrogen) atoms. The van der Waals surface area contributed by atoms with Crippen LogP contribution in [-0.2, 0) is 11.2 Å². The molecule has 1 fully saturated rings. The number of aliphatic carboxylic acids is 1. The van der Waals surface area contributed by atoms with Crippen molar-refractivity contribution < 1.29 is 14.7 Å². The number of amides is 1. The third kappa shape index (κ3) is 3.38. The molecule has 1 unspecified atom stereocenters. The minimum atomic E-state index is -0.758. The van der Waals surface area contributed by atoms with Crippen LogP contribution in [-0.4, -0.2) is 35.0 Å². The van der Waals surface area contributed by atoms with Crippen LogP contribution in [0, 0.1) is 5.92 Å². The van der Waals surface area contributed by atoms with Gasteiger partial charge in [0.05, 0.1) is 0 Å². The van der Waals surface area contributed by atoms with Gasteiger partial charge in [-0.1, -0.05) is 25.1 Å². The molecule has 0 radical (unpaired) electrons. The molecule has 4 heteroatoms. The van der Waals surface area contributed by atoms with E-state index < -0.39 is 5.97 Å². The summed E-state index contributed by atoms with van der Waals surface area (Å²) in [5.41, 5.74) is 1.86. The van der Waals surface area contributed by atoms with Crippen LogP contribution >= 0.6 is 0 Å². The average Bonchev–Trinajstić information content (AvgIpc) is 2.93. The fraction of sp³-hybridized carbons (Fsp3) is 0.500. The van der Waals surface area contributed by atoms with Gasteiger partial charge in [0.25, 0.3) is 5.91 Å². The number of carbonyl (C=O) groups excluding carboxylic acids is 1. The highest BCUT2D eigenvalue weighted by Gasteiger charge is 2.27. The van der Waals surface area contributed by atoms with Gasteiger partial charge in [-0.05, 0) is 36.8 Å². The van der Waals surface area contributed by atoms with Crippen molar-refractivity contribution in [2.75, 3.05) is 13.1 Å². The van der Waals surface area contributed by atoms with E-state index in [0.717, 1.165) is 30.5 Å². The maximum atomic E-state index is 12.5. The molecule has 1 aromatic carbocycles. The Morgan fingerprint density at radius 1 is 1.35 bits per heavy atom. The Balaban J connectivity index is 1.99. The van der Waals surface area contributed by atoms with Crippen molar-refractivity contribution in [1.29, 1.82) is 0 Å². The van der Waals surface area contributed by atoms with E-state index >= 15 is 0 Å². The second-order valence-corrected chi connectivity index (χ2v) is 5.35. The smallest absolute Gasteiger partial charge is 0.303 e. The summed E-state index contributed by atoms with van der Waals surface area (Å²) in [6.07, 6.45) is 2.61.